The molecule has 0 radical (unpaired) electrons. The number of likely N-dealkylation sites (tertiary alicyclic amines) is 1. The van der Waals surface area contributed by atoms with Crippen molar-refractivity contribution in [1.82, 2.24) is 9.88 Å². The van der Waals surface area contributed by atoms with Crippen LogP contribution in [0.15, 0.2) is 42.7 Å². The Morgan fingerprint density at radius 3 is 2.58 bits per heavy atom. The molecule has 124 valence electrons. The molecule has 0 spiro atoms. The number of ether oxygens (including phenoxy) is 1. The maximum atomic E-state index is 12.1. The summed E-state index contributed by atoms with van der Waals surface area (Å²) in [5, 5.41) is 18.8. The first-order valence-electron chi connectivity index (χ1n) is 7.43. The highest BCUT2D eigenvalue weighted by Crippen LogP contribution is 2.29. The molecule has 1 aromatic carbocycles. The fourth-order valence-corrected chi connectivity index (χ4v) is 2.52. The topological polar surface area (TPSA) is 100.0 Å². The summed E-state index contributed by atoms with van der Waals surface area (Å²) in [5.41, 5.74) is 0.625. The summed E-state index contributed by atoms with van der Waals surface area (Å²) in [5.74, 6) is -1.51. The molecule has 24 heavy (non-hydrogen) atoms. The molecule has 2 aromatic rings. The molecule has 3 rings (SSSR count). The molecule has 0 aliphatic carbocycles. The minimum Gasteiger partial charge on any atom is -0.507 e. The smallest absolute Gasteiger partial charge is 0.343 e. The lowest BCUT2D eigenvalue weighted by atomic mass is 10.1. The van der Waals surface area contributed by atoms with E-state index in [2.05, 4.69) is 4.98 Å². The van der Waals surface area contributed by atoms with Crippen LogP contribution in [0.1, 0.15) is 15.9 Å². The molecule has 1 amide bonds. The number of carboxylic acids is 1. The van der Waals surface area contributed by atoms with Gasteiger partial charge in [-0.3, -0.25) is 9.78 Å². The Balaban J connectivity index is 1.57. The van der Waals surface area contributed by atoms with Crippen molar-refractivity contribution >= 4 is 11.9 Å². The van der Waals surface area contributed by atoms with Gasteiger partial charge >= 0.3 is 5.97 Å². The fourth-order valence-electron chi connectivity index (χ4n) is 2.52. The predicted octanol–water partition coefficient (Wildman–Crippen LogP) is 1.32. The Hall–Kier alpha value is -3.09. The van der Waals surface area contributed by atoms with Crippen molar-refractivity contribution in [2.45, 2.75) is 12.5 Å². The SMILES string of the molecule is O=C(O)c1c(O)cccc1OC1CN(C(=O)Cc2ccncc2)C1. The van der Waals surface area contributed by atoms with Crippen LogP contribution in [-0.4, -0.2) is 51.2 Å². The molecule has 0 atom stereocenters. The molecule has 0 unspecified atom stereocenters. The zero-order valence-electron chi connectivity index (χ0n) is 12.8. The highest BCUT2D eigenvalue weighted by Gasteiger charge is 2.33. The Bertz CT molecular complexity index is 757. The Labute approximate surface area is 138 Å². The number of carbonyl (C=O) groups is 2. The van der Waals surface area contributed by atoms with Crippen molar-refractivity contribution in [3.8, 4) is 11.5 Å². The quantitative estimate of drug-likeness (QED) is 0.858. The van der Waals surface area contributed by atoms with E-state index in [1.165, 1.54) is 18.2 Å². The standard InChI is InChI=1S/C17H16N2O5/c20-13-2-1-3-14(16(13)17(22)23)24-12-9-19(10-12)15(21)8-11-4-6-18-7-5-11/h1-7,12,20H,8-10H2,(H,22,23). The van der Waals surface area contributed by atoms with Gasteiger partial charge in [0.25, 0.3) is 0 Å². The van der Waals surface area contributed by atoms with Crippen LogP contribution < -0.4 is 4.74 Å². The Kier molecular flexibility index (Phi) is 4.33. The van der Waals surface area contributed by atoms with Gasteiger partial charge in [0.05, 0.1) is 19.5 Å². The monoisotopic (exact) mass is 328 g/mol. The van der Waals surface area contributed by atoms with Crippen molar-refractivity contribution in [3.63, 3.8) is 0 Å². The number of hydrogen-bond acceptors (Lipinski definition) is 5. The van der Waals surface area contributed by atoms with Crippen molar-refractivity contribution in [3.05, 3.63) is 53.9 Å². The first-order valence-corrected chi connectivity index (χ1v) is 7.43. The third-order valence-corrected chi connectivity index (χ3v) is 3.82. The molecule has 1 fully saturated rings. The lowest BCUT2D eigenvalue weighted by Gasteiger charge is -2.39. The average Bonchev–Trinajstić information content (AvgIpc) is 2.51. The minimum absolute atomic E-state index is 0.0181. The van der Waals surface area contributed by atoms with Crippen LogP contribution >= 0.6 is 0 Å². The molecular formula is C17H16N2O5. The zero-order valence-corrected chi connectivity index (χ0v) is 12.8. The highest BCUT2D eigenvalue weighted by molar-refractivity contribution is 5.94. The first kappa shape index (κ1) is 15.8. The first-order chi connectivity index (χ1) is 11.5. The van der Waals surface area contributed by atoms with Crippen LogP contribution in [0, 0.1) is 0 Å². The summed E-state index contributed by atoms with van der Waals surface area (Å²) in [6, 6.07) is 7.88. The second-order valence-electron chi connectivity index (χ2n) is 5.53. The van der Waals surface area contributed by atoms with E-state index < -0.39 is 5.97 Å². The van der Waals surface area contributed by atoms with E-state index in [0.717, 1.165) is 5.56 Å². The molecule has 7 heteroatoms. The number of aromatic carboxylic acids is 1. The number of hydrogen-bond donors (Lipinski definition) is 2. The lowest BCUT2D eigenvalue weighted by molar-refractivity contribution is -0.139. The fraction of sp³-hybridized carbons (Fsp3) is 0.235. The van der Waals surface area contributed by atoms with Crippen molar-refractivity contribution in [1.29, 1.82) is 0 Å². The summed E-state index contributed by atoms with van der Waals surface area (Å²) in [6.45, 7) is 0.775. The van der Waals surface area contributed by atoms with E-state index >= 15 is 0 Å². The van der Waals surface area contributed by atoms with Gasteiger partial charge in [0.15, 0.2) is 0 Å². The lowest BCUT2D eigenvalue weighted by Crippen LogP contribution is -2.56. The van der Waals surface area contributed by atoms with Gasteiger partial charge in [-0.2, -0.15) is 0 Å². The molecule has 1 aliphatic heterocycles. The third-order valence-electron chi connectivity index (χ3n) is 3.82. The van der Waals surface area contributed by atoms with Crippen molar-refractivity contribution in [2.24, 2.45) is 0 Å². The molecule has 1 aromatic heterocycles. The molecule has 2 N–H and O–H groups in total. The van der Waals surface area contributed by atoms with Gasteiger partial charge in [0.2, 0.25) is 5.91 Å². The van der Waals surface area contributed by atoms with Gasteiger partial charge < -0.3 is 19.8 Å². The normalized spacial score (nSPS) is 14.1. The molecule has 1 saturated heterocycles. The molecule has 0 bridgehead atoms. The molecule has 2 heterocycles. The number of carboxylic acid groups (broad SMARTS) is 1. The number of nitrogens with zero attached hydrogens (tertiary/aromatic N) is 2. The number of rotatable bonds is 5. The van der Waals surface area contributed by atoms with E-state index in [1.807, 2.05) is 0 Å². The summed E-state index contributed by atoms with van der Waals surface area (Å²) in [4.78, 5) is 28.9. The molecule has 7 nitrogen and oxygen atoms in total. The van der Waals surface area contributed by atoms with Gasteiger partial charge in [-0.25, -0.2) is 4.79 Å². The van der Waals surface area contributed by atoms with Gasteiger partial charge in [-0.15, -0.1) is 0 Å². The van der Waals surface area contributed by atoms with Crippen LogP contribution in [-0.2, 0) is 11.2 Å². The molecule has 0 saturated carbocycles. The Morgan fingerprint density at radius 2 is 1.92 bits per heavy atom. The van der Waals surface area contributed by atoms with E-state index in [4.69, 9.17) is 9.84 Å². The van der Waals surface area contributed by atoms with E-state index in [-0.39, 0.29) is 29.1 Å². The zero-order chi connectivity index (χ0) is 17.1. The highest BCUT2D eigenvalue weighted by atomic mass is 16.5. The van der Waals surface area contributed by atoms with E-state index in [9.17, 15) is 14.7 Å². The van der Waals surface area contributed by atoms with E-state index in [1.54, 1.807) is 29.4 Å². The van der Waals surface area contributed by atoms with Gasteiger partial charge in [0.1, 0.15) is 23.2 Å². The van der Waals surface area contributed by atoms with Crippen LogP contribution in [0.3, 0.4) is 0 Å². The summed E-state index contributed by atoms with van der Waals surface area (Å²) >= 11 is 0. The number of phenols is 1. The minimum atomic E-state index is -1.26. The maximum Gasteiger partial charge on any atom is 0.343 e. The van der Waals surface area contributed by atoms with Crippen LogP contribution in [0.4, 0.5) is 0 Å². The summed E-state index contributed by atoms with van der Waals surface area (Å²) in [7, 11) is 0. The average molecular weight is 328 g/mol. The molecule has 1 aliphatic rings. The largest absolute Gasteiger partial charge is 0.507 e. The molecular weight excluding hydrogens is 312 g/mol. The van der Waals surface area contributed by atoms with E-state index in [0.29, 0.717) is 19.5 Å². The van der Waals surface area contributed by atoms with Crippen molar-refractivity contribution < 1.29 is 24.5 Å². The number of benzene rings is 1. The number of aromatic nitrogens is 1. The summed E-state index contributed by atoms with van der Waals surface area (Å²) < 4.78 is 5.61. The van der Waals surface area contributed by atoms with Crippen LogP contribution in [0.2, 0.25) is 0 Å². The summed E-state index contributed by atoms with van der Waals surface area (Å²) in [6.07, 6.45) is 3.29. The van der Waals surface area contributed by atoms with Crippen LogP contribution in [0.25, 0.3) is 0 Å². The predicted molar refractivity (Wildman–Crippen MR) is 84.0 cm³/mol. The Morgan fingerprint density at radius 1 is 1.21 bits per heavy atom. The van der Waals surface area contributed by atoms with Crippen molar-refractivity contribution in [2.75, 3.05) is 13.1 Å². The maximum absolute atomic E-state index is 12.1. The van der Waals surface area contributed by atoms with Gasteiger partial charge in [-0.1, -0.05) is 6.07 Å². The number of amides is 1. The number of aromatic hydroxyl groups is 1. The second kappa shape index (κ2) is 6.57. The van der Waals surface area contributed by atoms with Gasteiger partial charge in [0, 0.05) is 12.4 Å². The second-order valence-corrected chi connectivity index (χ2v) is 5.53. The number of carbonyl (C=O) groups excluding carboxylic acids is 1. The third kappa shape index (κ3) is 3.29. The van der Waals surface area contributed by atoms with Gasteiger partial charge in [-0.05, 0) is 29.8 Å². The van der Waals surface area contributed by atoms with Crippen LogP contribution in [0.5, 0.6) is 11.5 Å². The number of pyridine rings is 1.